The van der Waals surface area contributed by atoms with E-state index in [0.717, 1.165) is 25.3 Å². The van der Waals surface area contributed by atoms with Crippen LogP contribution in [0.4, 0.5) is 10.6 Å². The van der Waals surface area contributed by atoms with Crippen LogP contribution in [0.1, 0.15) is 51.2 Å². The second kappa shape index (κ2) is 13.3. The number of carbonyl (C=O) groups is 3. The van der Waals surface area contributed by atoms with Gasteiger partial charge in [0.1, 0.15) is 5.82 Å². The number of carbonyl (C=O) groups excluding carboxylic acids is 2. The molecule has 2 fully saturated rings. The van der Waals surface area contributed by atoms with Crippen LogP contribution in [-0.4, -0.2) is 87.0 Å². The lowest BCUT2D eigenvalue weighted by Gasteiger charge is -2.33. The minimum Gasteiger partial charge on any atom is -0.478 e. The maximum absolute atomic E-state index is 12.7. The van der Waals surface area contributed by atoms with Crippen molar-refractivity contribution in [3.8, 4) is 5.75 Å². The van der Waals surface area contributed by atoms with E-state index in [4.69, 9.17) is 9.84 Å². The van der Waals surface area contributed by atoms with E-state index < -0.39 is 12.1 Å². The van der Waals surface area contributed by atoms with Gasteiger partial charge < -0.3 is 20.1 Å². The number of benzene rings is 1. The molecule has 214 valence electrons. The average Bonchev–Trinajstić information content (AvgIpc) is 2.99. The Morgan fingerprint density at radius 2 is 1.46 bits per heavy atom. The lowest BCUT2D eigenvalue weighted by atomic mass is 10.1. The molecule has 0 spiro atoms. The Balaban J connectivity index is 1.05. The van der Waals surface area contributed by atoms with Crippen molar-refractivity contribution in [2.45, 2.75) is 32.4 Å². The first kappa shape index (κ1) is 28.2. The summed E-state index contributed by atoms with van der Waals surface area (Å²) in [6, 6.07) is 14.1. The van der Waals surface area contributed by atoms with Gasteiger partial charge in [0.15, 0.2) is 5.75 Å². The van der Waals surface area contributed by atoms with Gasteiger partial charge in [-0.3, -0.25) is 19.6 Å². The first-order valence-electron chi connectivity index (χ1n) is 13.9. The van der Waals surface area contributed by atoms with Gasteiger partial charge in [-0.2, -0.15) is 0 Å². The standard InChI is InChI=1S/C30H34N6O5/c37-28(23-6-4-22(5-7-23)20-34-12-2-1-3-13-34)33-27-11-10-26(19-32-27)41-30(40)36-16-14-35(15-17-36)21-25-9-8-24(18-31-25)29(38)39/h4-11,18-19H,1-3,12-17,20-21H2,(H,38,39)(H,32,33,37). The van der Waals surface area contributed by atoms with E-state index in [-0.39, 0.29) is 11.5 Å². The molecule has 11 heteroatoms. The number of carboxylic acid groups (broad SMARTS) is 1. The number of piperidine rings is 1. The lowest BCUT2D eigenvalue weighted by Crippen LogP contribution is -2.49. The molecule has 2 aliphatic heterocycles. The Bertz CT molecular complexity index is 1330. The molecule has 0 atom stereocenters. The summed E-state index contributed by atoms with van der Waals surface area (Å²) in [6.07, 6.45) is 6.10. The van der Waals surface area contributed by atoms with Gasteiger partial charge in [-0.05, 0) is 67.9 Å². The zero-order valence-corrected chi connectivity index (χ0v) is 22.9. The number of aromatic carboxylic acids is 1. The van der Waals surface area contributed by atoms with Crippen molar-refractivity contribution in [2.24, 2.45) is 0 Å². The maximum Gasteiger partial charge on any atom is 0.415 e. The molecule has 4 heterocycles. The highest BCUT2D eigenvalue weighted by Crippen LogP contribution is 2.17. The van der Waals surface area contributed by atoms with Crippen molar-refractivity contribution in [3.05, 3.63) is 83.3 Å². The van der Waals surface area contributed by atoms with Gasteiger partial charge in [0.25, 0.3) is 5.91 Å². The Kier molecular flexibility index (Phi) is 9.17. The monoisotopic (exact) mass is 558 g/mol. The zero-order valence-electron chi connectivity index (χ0n) is 22.9. The summed E-state index contributed by atoms with van der Waals surface area (Å²) < 4.78 is 5.48. The molecule has 1 aromatic carbocycles. The molecule has 2 N–H and O–H groups in total. The molecule has 2 saturated heterocycles. The number of nitrogens with one attached hydrogen (secondary N) is 1. The Morgan fingerprint density at radius 1 is 0.756 bits per heavy atom. The van der Waals surface area contributed by atoms with Crippen LogP contribution in [0.15, 0.2) is 60.9 Å². The Labute approximate surface area is 238 Å². The van der Waals surface area contributed by atoms with Gasteiger partial charge in [-0.1, -0.05) is 18.6 Å². The summed E-state index contributed by atoms with van der Waals surface area (Å²) in [5.74, 6) is -0.599. The number of rotatable bonds is 8. The van der Waals surface area contributed by atoms with Crippen LogP contribution in [0.2, 0.25) is 0 Å². The molecule has 0 aliphatic carbocycles. The van der Waals surface area contributed by atoms with Crippen LogP contribution < -0.4 is 10.1 Å². The molecule has 2 amide bonds. The molecule has 0 bridgehead atoms. The molecule has 5 rings (SSSR count). The van der Waals surface area contributed by atoms with E-state index >= 15 is 0 Å². The minimum atomic E-state index is -1.00. The van der Waals surface area contributed by atoms with Crippen LogP contribution in [0.3, 0.4) is 0 Å². The summed E-state index contributed by atoms with van der Waals surface area (Å²) in [5, 5.41) is 11.8. The lowest BCUT2D eigenvalue weighted by molar-refractivity contribution is 0.0696. The number of piperazine rings is 1. The first-order chi connectivity index (χ1) is 19.9. The number of hydrogen-bond acceptors (Lipinski definition) is 8. The quantitative estimate of drug-likeness (QED) is 0.425. The van der Waals surface area contributed by atoms with E-state index in [9.17, 15) is 14.4 Å². The number of anilines is 1. The van der Waals surface area contributed by atoms with Crippen molar-refractivity contribution < 1.29 is 24.2 Å². The van der Waals surface area contributed by atoms with E-state index in [1.165, 1.54) is 43.3 Å². The van der Waals surface area contributed by atoms with Crippen LogP contribution in [-0.2, 0) is 13.1 Å². The highest BCUT2D eigenvalue weighted by atomic mass is 16.6. The third kappa shape index (κ3) is 7.86. The van der Waals surface area contributed by atoms with Crippen molar-refractivity contribution in [1.29, 1.82) is 0 Å². The van der Waals surface area contributed by atoms with Crippen molar-refractivity contribution in [3.63, 3.8) is 0 Å². The molecule has 0 radical (unpaired) electrons. The van der Waals surface area contributed by atoms with Gasteiger partial charge in [-0.25, -0.2) is 14.6 Å². The Hall–Kier alpha value is -4.35. The van der Waals surface area contributed by atoms with Gasteiger partial charge in [-0.15, -0.1) is 0 Å². The zero-order chi connectivity index (χ0) is 28.6. The van der Waals surface area contributed by atoms with E-state index in [1.54, 1.807) is 23.1 Å². The second-order valence-corrected chi connectivity index (χ2v) is 10.3. The van der Waals surface area contributed by atoms with Crippen molar-refractivity contribution in [1.82, 2.24) is 24.7 Å². The van der Waals surface area contributed by atoms with Crippen LogP contribution in [0, 0.1) is 0 Å². The molecular formula is C30H34N6O5. The summed E-state index contributed by atoms with van der Waals surface area (Å²) in [6.45, 7) is 5.99. The summed E-state index contributed by atoms with van der Waals surface area (Å²) >= 11 is 0. The number of likely N-dealkylation sites (tertiary alicyclic amines) is 1. The van der Waals surface area contributed by atoms with Gasteiger partial charge in [0.05, 0.1) is 17.5 Å². The van der Waals surface area contributed by atoms with Gasteiger partial charge in [0, 0.05) is 51.0 Å². The second-order valence-electron chi connectivity index (χ2n) is 10.3. The van der Waals surface area contributed by atoms with E-state index in [0.29, 0.717) is 49.9 Å². The molecule has 0 unspecified atom stereocenters. The summed E-state index contributed by atoms with van der Waals surface area (Å²) in [4.78, 5) is 51.0. The molecule has 2 aliphatic rings. The van der Waals surface area contributed by atoms with E-state index in [1.807, 2.05) is 24.3 Å². The fourth-order valence-electron chi connectivity index (χ4n) is 4.97. The van der Waals surface area contributed by atoms with Crippen LogP contribution in [0.25, 0.3) is 0 Å². The third-order valence-electron chi connectivity index (χ3n) is 7.34. The highest BCUT2D eigenvalue weighted by molar-refractivity contribution is 6.03. The first-order valence-corrected chi connectivity index (χ1v) is 13.9. The predicted molar refractivity (Wildman–Crippen MR) is 152 cm³/mol. The number of aromatic nitrogens is 2. The smallest absolute Gasteiger partial charge is 0.415 e. The fraction of sp³-hybridized carbons (Fsp3) is 0.367. The van der Waals surface area contributed by atoms with Gasteiger partial charge in [0.2, 0.25) is 0 Å². The number of carboxylic acids is 1. The minimum absolute atomic E-state index is 0.152. The predicted octanol–water partition coefficient (Wildman–Crippen LogP) is 3.73. The molecule has 41 heavy (non-hydrogen) atoms. The highest BCUT2D eigenvalue weighted by Gasteiger charge is 2.23. The topological polar surface area (TPSA) is 128 Å². The molecular weight excluding hydrogens is 524 g/mol. The Morgan fingerprint density at radius 3 is 2.10 bits per heavy atom. The normalized spacial score (nSPS) is 16.2. The molecule has 3 aromatic rings. The summed E-state index contributed by atoms with van der Waals surface area (Å²) in [7, 11) is 0. The van der Waals surface area contributed by atoms with Gasteiger partial charge >= 0.3 is 12.1 Å². The number of amides is 2. The number of hydrogen-bond donors (Lipinski definition) is 2. The third-order valence-corrected chi connectivity index (χ3v) is 7.34. The van der Waals surface area contributed by atoms with Crippen LogP contribution >= 0.6 is 0 Å². The SMILES string of the molecule is O=C(O)c1ccc(CN2CCN(C(=O)Oc3ccc(NC(=O)c4ccc(CN5CCCCC5)cc4)nc3)CC2)nc1. The van der Waals surface area contributed by atoms with Crippen molar-refractivity contribution in [2.75, 3.05) is 44.6 Å². The fourth-order valence-corrected chi connectivity index (χ4v) is 4.97. The maximum atomic E-state index is 12.7. The molecule has 11 nitrogen and oxygen atoms in total. The largest absolute Gasteiger partial charge is 0.478 e. The van der Waals surface area contributed by atoms with Crippen molar-refractivity contribution >= 4 is 23.8 Å². The molecule has 2 aromatic heterocycles. The average molecular weight is 559 g/mol. The van der Waals surface area contributed by atoms with Crippen LogP contribution in [0.5, 0.6) is 5.75 Å². The molecule has 0 saturated carbocycles. The van der Waals surface area contributed by atoms with E-state index in [2.05, 4.69) is 25.1 Å². The number of pyridine rings is 2. The summed E-state index contributed by atoms with van der Waals surface area (Å²) in [5.41, 5.74) is 2.67. The number of ether oxygens (including phenoxy) is 1. The number of nitrogens with zero attached hydrogens (tertiary/aromatic N) is 5.